The van der Waals surface area contributed by atoms with Crippen LogP contribution in [0.15, 0.2) is 0 Å². The van der Waals surface area contributed by atoms with Crippen molar-refractivity contribution in [2.24, 2.45) is 11.5 Å². The Morgan fingerprint density at radius 3 is 1.59 bits per heavy atom. The highest BCUT2D eigenvalue weighted by Gasteiger charge is 1.94. The molecule has 0 aromatic rings. The first-order valence-electron chi connectivity index (χ1n) is 7.00. The minimum absolute atomic E-state index is 0.414. The molecule has 0 rings (SSSR count). The molecule has 0 atom stereocenters. The first-order chi connectivity index (χ1) is 8.27. The lowest BCUT2D eigenvalue weighted by atomic mass is 10.1. The molecule has 0 spiro atoms. The van der Waals surface area contributed by atoms with E-state index in [4.69, 9.17) is 11.5 Å². The standard InChI is InChI=1S/C13H29N3O/c14-11-9-7-5-3-1-2-4-6-8-10-12-16-13(15)17/h1-12,14H2,(H3,15,16,17). The average Bonchev–Trinajstić information content (AvgIpc) is 2.30. The topological polar surface area (TPSA) is 81.1 Å². The van der Waals surface area contributed by atoms with E-state index in [1.165, 1.54) is 57.8 Å². The molecule has 0 aliphatic heterocycles. The van der Waals surface area contributed by atoms with Gasteiger partial charge in [0.1, 0.15) is 0 Å². The molecule has 0 aliphatic rings. The summed E-state index contributed by atoms with van der Waals surface area (Å²) in [6, 6.07) is -0.414. The van der Waals surface area contributed by atoms with E-state index >= 15 is 0 Å². The van der Waals surface area contributed by atoms with E-state index in [1.807, 2.05) is 0 Å². The number of nitrogens with two attached hydrogens (primary N) is 2. The number of carbonyl (C=O) groups is 1. The molecule has 0 aliphatic carbocycles. The van der Waals surface area contributed by atoms with Gasteiger partial charge in [0.25, 0.3) is 0 Å². The normalized spacial score (nSPS) is 10.4. The first kappa shape index (κ1) is 16.2. The Balaban J connectivity index is 2.91. The highest BCUT2D eigenvalue weighted by atomic mass is 16.2. The van der Waals surface area contributed by atoms with Gasteiger partial charge in [-0.2, -0.15) is 0 Å². The van der Waals surface area contributed by atoms with E-state index in [0.717, 1.165) is 13.0 Å². The number of carbonyl (C=O) groups excluding carboxylic acids is 1. The molecule has 0 saturated carbocycles. The van der Waals surface area contributed by atoms with Gasteiger partial charge in [0.15, 0.2) is 0 Å². The summed E-state index contributed by atoms with van der Waals surface area (Å²) in [6.07, 6.45) is 12.6. The van der Waals surface area contributed by atoms with E-state index in [-0.39, 0.29) is 0 Å². The molecule has 102 valence electrons. The molecule has 2 amide bonds. The van der Waals surface area contributed by atoms with Crippen molar-refractivity contribution in [1.29, 1.82) is 0 Å². The van der Waals surface area contributed by atoms with Crippen molar-refractivity contribution in [1.82, 2.24) is 5.32 Å². The van der Waals surface area contributed by atoms with Gasteiger partial charge in [-0.3, -0.25) is 0 Å². The SMILES string of the molecule is NCCCCCCCCCCCCNC(N)=O. The molecule has 0 aromatic heterocycles. The summed E-state index contributed by atoms with van der Waals surface area (Å²) in [5.74, 6) is 0. The fourth-order valence-electron chi connectivity index (χ4n) is 1.90. The van der Waals surface area contributed by atoms with Crippen molar-refractivity contribution >= 4 is 6.03 Å². The second-order valence-electron chi connectivity index (χ2n) is 4.62. The molecule has 0 radical (unpaired) electrons. The van der Waals surface area contributed by atoms with Gasteiger partial charge in [-0.05, 0) is 19.4 Å². The van der Waals surface area contributed by atoms with Crippen LogP contribution in [0.1, 0.15) is 64.2 Å². The summed E-state index contributed by atoms with van der Waals surface area (Å²) in [4.78, 5) is 10.4. The Hall–Kier alpha value is -0.770. The van der Waals surface area contributed by atoms with Crippen LogP contribution >= 0.6 is 0 Å². The second kappa shape index (κ2) is 13.3. The Labute approximate surface area is 106 Å². The second-order valence-corrected chi connectivity index (χ2v) is 4.62. The fourth-order valence-corrected chi connectivity index (χ4v) is 1.90. The van der Waals surface area contributed by atoms with Crippen molar-refractivity contribution in [2.75, 3.05) is 13.1 Å². The molecule has 0 fully saturated rings. The number of primary amides is 1. The highest BCUT2D eigenvalue weighted by Crippen LogP contribution is 2.10. The number of urea groups is 1. The molecule has 0 aromatic carbocycles. The van der Waals surface area contributed by atoms with Crippen molar-refractivity contribution in [2.45, 2.75) is 64.2 Å². The first-order valence-corrected chi connectivity index (χ1v) is 7.00. The summed E-state index contributed by atoms with van der Waals surface area (Å²) in [7, 11) is 0. The Kier molecular flexibility index (Phi) is 12.7. The quantitative estimate of drug-likeness (QED) is 0.460. The van der Waals surface area contributed by atoms with Gasteiger partial charge in [-0.25, -0.2) is 4.79 Å². The van der Waals surface area contributed by atoms with Crippen molar-refractivity contribution in [3.8, 4) is 0 Å². The minimum Gasteiger partial charge on any atom is -0.352 e. The smallest absolute Gasteiger partial charge is 0.312 e. The van der Waals surface area contributed by atoms with Crippen LogP contribution in [0.4, 0.5) is 4.79 Å². The van der Waals surface area contributed by atoms with Crippen LogP contribution in [0.3, 0.4) is 0 Å². The Morgan fingerprint density at radius 2 is 1.18 bits per heavy atom. The van der Waals surface area contributed by atoms with E-state index in [1.54, 1.807) is 0 Å². The molecule has 0 bridgehead atoms. The number of unbranched alkanes of at least 4 members (excludes halogenated alkanes) is 9. The van der Waals surface area contributed by atoms with E-state index < -0.39 is 6.03 Å². The van der Waals surface area contributed by atoms with Gasteiger partial charge in [0.2, 0.25) is 0 Å². The van der Waals surface area contributed by atoms with E-state index in [9.17, 15) is 4.79 Å². The number of hydrogen-bond acceptors (Lipinski definition) is 2. The maximum Gasteiger partial charge on any atom is 0.312 e. The molecule has 17 heavy (non-hydrogen) atoms. The maximum atomic E-state index is 10.4. The Morgan fingerprint density at radius 1 is 0.765 bits per heavy atom. The maximum absolute atomic E-state index is 10.4. The predicted octanol–water partition coefficient (Wildman–Crippen LogP) is 2.51. The van der Waals surface area contributed by atoms with Crippen LogP contribution < -0.4 is 16.8 Å². The minimum atomic E-state index is -0.414. The third-order valence-corrected chi connectivity index (χ3v) is 2.93. The van der Waals surface area contributed by atoms with E-state index in [2.05, 4.69) is 5.32 Å². The van der Waals surface area contributed by atoms with Gasteiger partial charge >= 0.3 is 6.03 Å². The molecular formula is C13H29N3O. The Bertz CT molecular complexity index is 174. The molecule has 0 saturated heterocycles. The summed E-state index contributed by atoms with van der Waals surface area (Å²) in [5, 5.41) is 2.60. The van der Waals surface area contributed by atoms with Crippen LogP contribution in [0.2, 0.25) is 0 Å². The van der Waals surface area contributed by atoms with Gasteiger partial charge in [0, 0.05) is 6.54 Å². The van der Waals surface area contributed by atoms with Gasteiger partial charge in [0.05, 0.1) is 0 Å². The molecule has 0 heterocycles. The largest absolute Gasteiger partial charge is 0.352 e. The molecular weight excluding hydrogens is 214 g/mol. The number of nitrogens with one attached hydrogen (secondary N) is 1. The van der Waals surface area contributed by atoms with Gasteiger partial charge in [-0.1, -0.05) is 51.4 Å². The summed E-state index contributed by atoms with van der Waals surface area (Å²) < 4.78 is 0. The summed E-state index contributed by atoms with van der Waals surface area (Å²) in [5.41, 5.74) is 10.4. The van der Waals surface area contributed by atoms with Gasteiger partial charge < -0.3 is 16.8 Å². The lowest BCUT2D eigenvalue weighted by Gasteiger charge is -2.03. The van der Waals surface area contributed by atoms with Crippen LogP contribution in [0, 0.1) is 0 Å². The van der Waals surface area contributed by atoms with Crippen LogP contribution in [-0.4, -0.2) is 19.1 Å². The van der Waals surface area contributed by atoms with Crippen molar-refractivity contribution < 1.29 is 4.79 Å². The molecule has 4 nitrogen and oxygen atoms in total. The summed E-state index contributed by atoms with van der Waals surface area (Å²) >= 11 is 0. The zero-order valence-corrected chi connectivity index (χ0v) is 11.0. The summed E-state index contributed by atoms with van der Waals surface area (Å²) in [6.45, 7) is 1.55. The number of hydrogen-bond donors (Lipinski definition) is 3. The third kappa shape index (κ3) is 15.2. The van der Waals surface area contributed by atoms with E-state index in [0.29, 0.717) is 6.54 Å². The number of rotatable bonds is 12. The zero-order valence-electron chi connectivity index (χ0n) is 11.0. The molecule has 4 heteroatoms. The van der Waals surface area contributed by atoms with Crippen molar-refractivity contribution in [3.05, 3.63) is 0 Å². The van der Waals surface area contributed by atoms with Crippen LogP contribution in [-0.2, 0) is 0 Å². The van der Waals surface area contributed by atoms with Crippen molar-refractivity contribution in [3.63, 3.8) is 0 Å². The van der Waals surface area contributed by atoms with Gasteiger partial charge in [-0.15, -0.1) is 0 Å². The zero-order chi connectivity index (χ0) is 12.8. The average molecular weight is 243 g/mol. The number of amides is 2. The monoisotopic (exact) mass is 243 g/mol. The predicted molar refractivity (Wildman–Crippen MR) is 72.8 cm³/mol. The third-order valence-electron chi connectivity index (χ3n) is 2.93. The van der Waals surface area contributed by atoms with Crippen LogP contribution in [0.5, 0.6) is 0 Å². The fraction of sp³-hybridized carbons (Fsp3) is 0.923. The highest BCUT2D eigenvalue weighted by molar-refractivity contribution is 5.71. The lowest BCUT2D eigenvalue weighted by Crippen LogP contribution is -2.29. The lowest BCUT2D eigenvalue weighted by molar-refractivity contribution is 0.248. The molecule has 0 unspecified atom stereocenters. The molecule has 5 N–H and O–H groups in total. The van der Waals surface area contributed by atoms with Crippen LogP contribution in [0.25, 0.3) is 0 Å².